The lowest BCUT2D eigenvalue weighted by Crippen LogP contribution is -2.30. The summed E-state index contributed by atoms with van der Waals surface area (Å²) in [5.74, 6) is 6.62. The fourth-order valence-electron chi connectivity index (χ4n) is 6.62. The summed E-state index contributed by atoms with van der Waals surface area (Å²) in [5.41, 5.74) is 5.05. The highest BCUT2D eigenvalue weighted by atomic mass is 14.4. The molecular formula is C28H46. The van der Waals surface area contributed by atoms with Crippen LogP contribution in [0.15, 0.2) is 18.2 Å². The van der Waals surface area contributed by atoms with Crippen LogP contribution >= 0.6 is 0 Å². The minimum Gasteiger partial charge on any atom is -0.0625 e. The molecule has 0 saturated heterocycles. The predicted octanol–water partition coefficient (Wildman–Crippen LogP) is 8.60. The van der Waals surface area contributed by atoms with E-state index in [1.54, 1.807) is 16.7 Å². The Morgan fingerprint density at radius 1 is 0.750 bits per heavy atom. The fraction of sp³-hybridized carbons (Fsp3) is 0.786. The molecular weight excluding hydrogens is 336 g/mol. The van der Waals surface area contributed by atoms with E-state index in [-0.39, 0.29) is 0 Å². The van der Waals surface area contributed by atoms with Gasteiger partial charge in [-0.15, -0.1) is 0 Å². The molecule has 0 heteroatoms. The van der Waals surface area contributed by atoms with Crippen LogP contribution in [0.2, 0.25) is 0 Å². The van der Waals surface area contributed by atoms with E-state index in [4.69, 9.17) is 0 Å². The molecule has 28 heavy (non-hydrogen) atoms. The van der Waals surface area contributed by atoms with Gasteiger partial charge in [0.25, 0.3) is 0 Å². The molecule has 3 rings (SSSR count). The average Bonchev–Trinajstić information content (AvgIpc) is 2.66. The highest BCUT2D eigenvalue weighted by Gasteiger charge is 2.37. The lowest BCUT2D eigenvalue weighted by molar-refractivity contribution is 0.183. The van der Waals surface area contributed by atoms with Crippen molar-refractivity contribution in [3.8, 4) is 0 Å². The third kappa shape index (κ3) is 4.68. The smallest absolute Gasteiger partial charge is 0.0126 e. The maximum absolute atomic E-state index is 2.64. The molecule has 0 nitrogen and oxygen atoms in total. The maximum atomic E-state index is 2.64. The molecule has 2 saturated carbocycles. The zero-order valence-electron chi connectivity index (χ0n) is 19.8. The van der Waals surface area contributed by atoms with Gasteiger partial charge in [-0.05, 0) is 96.1 Å². The normalized spacial score (nSPS) is 34.2. The monoisotopic (exact) mass is 382 g/mol. The molecule has 2 fully saturated rings. The Kier molecular flexibility index (Phi) is 7.32. The highest BCUT2D eigenvalue weighted by molar-refractivity contribution is 5.39. The Balaban J connectivity index is 2.06. The van der Waals surface area contributed by atoms with Crippen LogP contribution in [0.4, 0.5) is 0 Å². The Labute approximate surface area is 175 Å². The summed E-state index contributed by atoms with van der Waals surface area (Å²) < 4.78 is 0. The highest BCUT2D eigenvalue weighted by Crippen LogP contribution is 2.50. The van der Waals surface area contributed by atoms with Crippen LogP contribution in [0, 0.1) is 35.5 Å². The number of aryl methyl sites for hydroxylation is 1. The summed E-state index contributed by atoms with van der Waals surface area (Å²) in [6.45, 7) is 17.2. The summed E-state index contributed by atoms with van der Waals surface area (Å²) in [6, 6.07) is 7.67. The van der Waals surface area contributed by atoms with Gasteiger partial charge in [0.15, 0.2) is 0 Å². The molecule has 1 aromatic carbocycles. The van der Waals surface area contributed by atoms with Gasteiger partial charge in [-0.25, -0.2) is 0 Å². The molecule has 0 radical (unpaired) electrons. The van der Waals surface area contributed by atoms with Gasteiger partial charge in [0, 0.05) is 0 Å². The first-order chi connectivity index (χ1) is 13.3. The average molecular weight is 383 g/mol. The molecule has 0 bridgehead atoms. The Hall–Kier alpha value is -0.780. The molecule has 2 aliphatic rings. The van der Waals surface area contributed by atoms with Gasteiger partial charge in [-0.1, -0.05) is 79.5 Å². The number of hydrogen-bond donors (Lipinski definition) is 0. The largest absolute Gasteiger partial charge is 0.0625 e. The van der Waals surface area contributed by atoms with Crippen molar-refractivity contribution in [1.82, 2.24) is 0 Å². The van der Waals surface area contributed by atoms with E-state index in [0.717, 1.165) is 53.8 Å². The van der Waals surface area contributed by atoms with E-state index in [1.165, 1.54) is 38.5 Å². The first-order valence-corrected chi connectivity index (χ1v) is 12.4. The van der Waals surface area contributed by atoms with Crippen molar-refractivity contribution >= 4 is 0 Å². The predicted molar refractivity (Wildman–Crippen MR) is 124 cm³/mol. The van der Waals surface area contributed by atoms with E-state index < -0.39 is 0 Å². The first-order valence-electron chi connectivity index (χ1n) is 12.4. The third-order valence-corrected chi connectivity index (χ3v) is 8.40. The van der Waals surface area contributed by atoms with E-state index >= 15 is 0 Å². The second kappa shape index (κ2) is 9.36. The van der Waals surface area contributed by atoms with Gasteiger partial charge in [-0.2, -0.15) is 0 Å². The molecule has 6 atom stereocenters. The van der Waals surface area contributed by atoms with Crippen molar-refractivity contribution in [2.75, 3.05) is 0 Å². The zero-order valence-corrected chi connectivity index (χ0v) is 19.8. The van der Waals surface area contributed by atoms with Gasteiger partial charge in [0.2, 0.25) is 0 Å². The van der Waals surface area contributed by atoms with Crippen molar-refractivity contribution in [1.29, 1.82) is 0 Å². The van der Waals surface area contributed by atoms with Crippen LogP contribution in [0.3, 0.4) is 0 Å². The molecule has 0 N–H and O–H groups in total. The minimum atomic E-state index is 0.773. The summed E-state index contributed by atoms with van der Waals surface area (Å²) >= 11 is 0. The Morgan fingerprint density at radius 2 is 1.25 bits per heavy atom. The molecule has 158 valence electrons. The van der Waals surface area contributed by atoms with Crippen LogP contribution in [-0.2, 0) is 6.42 Å². The first kappa shape index (κ1) is 21.9. The molecule has 1 aromatic rings. The number of benzene rings is 1. The molecule has 0 amide bonds. The van der Waals surface area contributed by atoms with E-state index in [9.17, 15) is 0 Å². The second-order valence-electron chi connectivity index (χ2n) is 11.2. The summed E-state index contributed by atoms with van der Waals surface area (Å²) in [5, 5.41) is 0. The van der Waals surface area contributed by atoms with Crippen molar-refractivity contribution in [3.63, 3.8) is 0 Å². The van der Waals surface area contributed by atoms with Crippen molar-refractivity contribution < 1.29 is 0 Å². The Bertz CT molecular complexity index is 625. The second-order valence-corrected chi connectivity index (χ2v) is 11.2. The summed E-state index contributed by atoms with van der Waals surface area (Å²) in [6.07, 6.45) is 9.67. The maximum Gasteiger partial charge on any atom is -0.0126 e. The van der Waals surface area contributed by atoms with Gasteiger partial charge in [-0.3, -0.25) is 0 Å². The number of hydrogen-bond acceptors (Lipinski definition) is 0. The SMILES string of the molecule is CCc1ccc(C2CC(C)CCC2C(C)C)c(C2CC(C)CCC2C(C)C)c1. The van der Waals surface area contributed by atoms with Crippen LogP contribution in [-0.4, -0.2) is 0 Å². The lowest BCUT2D eigenvalue weighted by Gasteiger charge is -2.43. The van der Waals surface area contributed by atoms with Crippen molar-refractivity contribution in [2.45, 2.75) is 105 Å². The molecule has 0 aromatic heterocycles. The van der Waals surface area contributed by atoms with Gasteiger partial charge < -0.3 is 0 Å². The van der Waals surface area contributed by atoms with E-state index in [2.05, 4.69) is 66.7 Å². The molecule has 6 unspecified atom stereocenters. The summed E-state index contributed by atoms with van der Waals surface area (Å²) in [7, 11) is 0. The minimum absolute atomic E-state index is 0.773. The fourth-order valence-corrected chi connectivity index (χ4v) is 6.62. The van der Waals surface area contributed by atoms with Crippen LogP contribution < -0.4 is 0 Å². The standard InChI is InChI=1S/C28H46/c1-8-22-11-14-25(26-15-20(6)9-12-23(26)18(2)3)28(17-22)27-16-21(7)10-13-24(27)19(4)5/h11,14,17-21,23-24,26-27H,8-10,12-13,15-16H2,1-7H3. The summed E-state index contributed by atoms with van der Waals surface area (Å²) in [4.78, 5) is 0. The lowest BCUT2D eigenvalue weighted by atomic mass is 9.62. The topological polar surface area (TPSA) is 0 Å². The van der Waals surface area contributed by atoms with Crippen LogP contribution in [0.25, 0.3) is 0 Å². The molecule has 0 aliphatic heterocycles. The van der Waals surface area contributed by atoms with Gasteiger partial charge in [0.1, 0.15) is 0 Å². The van der Waals surface area contributed by atoms with E-state index in [1.807, 2.05) is 0 Å². The van der Waals surface area contributed by atoms with Gasteiger partial charge >= 0.3 is 0 Å². The molecule has 0 spiro atoms. The quantitative estimate of drug-likeness (QED) is 0.478. The zero-order chi connectivity index (χ0) is 20.4. The third-order valence-electron chi connectivity index (χ3n) is 8.40. The molecule has 2 aliphatic carbocycles. The molecule has 0 heterocycles. The van der Waals surface area contributed by atoms with E-state index in [0.29, 0.717) is 0 Å². The van der Waals surface area contributed by atoms with Gasteiger partial charge in [0.05, 0.1) is 0 Å². The van der Waals surface area contributed by atoms with Crippen LogP contribution in [0.1, 0.15) is 116 Å². The Morgan fingerprint density at radius 3 is 1.71 bits per heavy atom. The van der Waals surface area contributed by atoms with Crippen molar-refractivity contribution in [3.05, 3.63) is 34.9 Å². The number of rotatable bonds is 5. The van der Waals surface area contributed by atoms with Crippen LogP contribution in [0.5, 0.6) is 0 Å². The van der Waals surface area contributed by atoms with Crippen molar-refractivity contribution in [2.24, 2.45) is 35.5 Å².